The summed E-state index contributed by atoms with van der Waals surface area (Å²) in [6.07, 6.45) is 2.36. The number of hydrogen-bond acceptors (Lipinski definition) is 4. The lowest BCUT2D eigenvalue weighted by atomic mass is 10.0. The average Bonchev–Trinajstić information content (AvgIpc) is 2.58. The molecular weight excluding hydrogens is 308 g/mol. The van der Waals surface area contributed by atoms with Crippen LogP contribution in [0.25, 0.3) is 0 Å². The second-order valence-electron chi connectivity index (χ2n) is 6.44. The minimum Gasteiger partial charge on any atom is -0.350 e. The molecule has 1 aliphatic heterocycles. The molecule has 0 saturated carbocycles. The smallest absolute Gasteiger partial charge is 0.266 e. The maximum absolute atomic E-state index is 12.3. The van der Waals surface area contributed by atoms with Crippen molar-refractivity contribution in [1.82, 2.24) is 10.8 Å². The molecule has 1 aromatic rings. The van der Waals surface area contributed by atoms with Gasteiger partial charge in [0.25, 0.3) is 11.8 Å². The Kier molecular flexibility index (Phi) is 6.75. The summed E-state index contributed by atoms with van der Waals surface area (Å²) in [7, 11) is 0. The molecule has 0 spiro atoms. The van der Waals surface area contributed by atoms with E-state index >= 15 is 0 Å². The summed E-state index contributed by atoms with van der Waals surface area (Å²) in [5.74, 6) is -0.729. The third-order valence-electron chi connectivity index (χ3n) is 3.98. The number of nitrogens with one attached hydrogen (secondary N) is 2. The van der Waals surface area contributed by atoms with Crippen LogP contribution in [0.3, 0.4) is 0 Å². The summed E-state index contributed by atoms with van der Waals surface area (Å²) in [4.78, 5) is 30.0. The van der Waals surface area contributed by atoms with Gasteiger partial charge in [-0.15, -0.1) is 0 Å². The SMILES string of the molecule is Cc1ccc(C(=O)NC(C(=O)NOC2CCCCO2)C(C)C)cc1. The van der Waals surface area contributed by atoms with Gasteiger partial charge < -0.3 is 10.1 Å². The normalized spacial score (nSPS) is 18.9. The van der Waals surface area contributed by atoms with Gasteiger partial charge in [0.2, 0.25) is 0 Å². The number of amides is 2. The fraction of sp³-hybridized carbons (Fsp3) is 0.556. The lowest BCUT2D eigenvalue weighted by Crippen LogP contribution is -2.50. The van der Waals surface area contributed by atoms with Crippen molar-refractivity contribution in [2.24, 2.45) is 5.92 Å². The van der Waals surface area contributed by atoms with Gasteiger partial charge in [-0.3, -0.25) is 9.59 Å². The Balaban J connectivity index is 1.91. The highest BCUT2D eigenvalue weighted by Crippen LogP contribution is 2.13. The Labute approximate surface area is 142 Å². The first-order chi connectivity index (χ1) is 11.5. The van der Waals surface area contributed by atoms with E-state index in [2.05, 4.69) is 10.8 Å². The van der Waals surface area contributed by atoms with E-state index in [1.54, 1.807) is 12.1 Å². The predicted molar refractivity (Wildman–Crippen MR) is 90.1 cm³/mol. The molecule has 2 atom stereocenters. The van der Waals surface area contributed by atoms with Crippen LogP contribution in [0, 0.1) is 12.8 Å². The van der Waals surface area contributed by atoms with E-state index in [-0.39, 0.29) is 17.7 Å². The standard InChI is InChI=1S/C18H26N2O4/c1-12(2)16(18(22)20-24-15-6-4-5-11-23-15)19-17(21)14-9-7-13(3)8-10-14/h7-10,12,15-16H,4-6,11H2,1-3H3,(H,19,21)(H,20,22). The van der Waals surface area contributed by atoms with Crippen LogP contribution < -0.4 is 10.8 Å². The minimum atomic E-state index is -0.678. The van der Waals surface area contributed by atoms with Gasteiger partial charge in [-0.2, -0.15) is 0 Å². The number of benzene rings is 1. The van der Waals surface area contributed by atoms with Crippen LogP contribution >= 0.6 is 0 Å². The molecule has 0 aliphatic carbocycles. The van der Waals surface area contributed by atoms with Crippen LogP contribution in [0.15, 0.2) is 24.3 Å². The highest BCUT2D eigenvalue weighted by Gasteiger charge is 2.26. The van der Waals surface area contributed by atoms with Gasteiger partial charge in [0, 0.05) is 18.6 Å². The molecule has 1 heterocycles. The number of ether oxygens (including phenoxy) is 1. The zero-order valence-electron chi connectivity index (χ0n) is 14.5. The van der Waals surface area contributed by atoms with Crippen molar-refractivity contribution in [2.75, 3.05) is 6.61 Å². The topological polar surface area (TPSA) is 76.7 Å². The molecule has 1 fully saturated rings. The van der Waals surface area contributed by atoms with Gasteiger partial charge in [0.15, 0.2) is 6.29 Å². The number of hydrogen-bond donors (Lipinski definition) is 2. The Hall–Kier alpha value is -1.92. The molecule has 0 bridgehead atoms. The maximum Gasteiger partial charge on any atom is 0.266 e. The van der Waals surface area contributed by atoms with Crippen LogP contribution in [0.1, 0.15) is 49.0 Å². The van der Waals surface area contributed by atoms with Crippen molar-refractivity contribution in [3.8, 4) is 0 Å². The summed E-state index contributed by atoms with van der Waals surface area (Å²) in [5, 5.41) is 2.77. The molecule has 2 N–H and O–H groups in total. The monoisotopic (exact) mass is 334 g/mol. The molecule has 1 aromatic carbocycles. The molecule has 6 nitrogen and oxygen atoms in total. The van der Waals surface area contributed by atoms with Crippen molar-refractivity contribution in [3.05, 3.63) is 35.4 Å². The third-order valence-corrected chi connectivity index (χ3v) is 3.98. The van der Waals surface area contributed by atoms with Crippen molar-refractivity contribution in [2.45, 2.75) is 52.4 Å². The average molecular weight is 334 g/mol. The predicted octanol–water partition coefficient (Wildman–Crippen LogP) is 2.32. The Morgan fingerprint density at radius 1 is 1.21 bits per heavy atom. The molecule has 2 amide bonds. The van der Waals surface area contributed by atoms with Crippen molar-refractivity contribution < 1.29 is 19.2 Å². The van der Waals surface area contributed by atoms with Crippen LogP contribution in [-0.2, 0) is 14.4 Å². The van der Waals surface area contributed by atoms with Gasteiger partial charge in [-0.25, -0.2) is 10.3 Å². The third kappa shape index (κ3) is 5.32. The van der Waals surface area contributed by atoms with E-state index < -0.39 is 12.3 Å². The first-order valence-electron chi connectivity index (χ1n) is 8.42. The number of carbonyl (C=O) groups excluding carboxylic acids is 2. The molecule has 2 rings (SSSR count). The summed E-state index contributed by atoms with van der Waals surface area (Å²) < 4.78 is 5.41. The molecule has 2 unspecified atom stereocenters. The van der Waals surface area contributed by atoms with E-state index in [4.69, 9.17) is 9.57 Å². The minimum absolute atomic E-state index is 0.0738. The van der Waals surface area contributed by atoms with Crippen molar-refractivity contribution >= 4 is 11.8 Å². The van der Waals surface area contributed by atoms with E-state index in [1.165, 1.54) is 0 Å². The van der Waals surface area contributed by atoms with Crippen LogP contribution in [0.4, 0.5) is 0 Å². The van der Waals surface area contributed by atoms with E-state index in [9.17, 15) is 9.59 Å². The van der Waals surface area contributed by atoms with Gasteiger partial charge in [-0.1, -0.05) is 31.5 Å². The second kappa shape index (κ2) is 8.80. The lowest BCUT2D eigenvalue weighted by Gasteiger charge is -2.25. The zero-order chi connectivity index (χ0) is 17.5. The zero-order valence-corrected chi connectivity index (χ0v) is 14.5. The maximum atomic E-state index is 12.3. The van der Waals surface area contributed by atoms with Gasteiger partial charge in [0.05, 0.1) is 0 Å². The number of carbonyl (C=O) groups is 2. The molecular formula is C18H26N2O4. The highest BCUT2D eigenvalue weighted by molar-refractivity contribution is 5.97. The summed E-state index contributed by atoms with van der Waals surface area (Å²) in [6.45, 7) is 6.34. The van der Waals surface area contributed by atoms with E-state index in [1.807, 2.05) is 32.9 Å². The molecule has 0 radical (unpaired) electrons. The fourth-order valence-electron chi connectivity index (χ4n) is 2.46. The van der Waals surface area contributed by atoms with E-state index in [0.29, 0.717) is 12.2 Å². The second-order valence-corrected chi connectivity index (χ2v) is 6.44. The number of hydroxylamine groups is 1. The summed E-state index contributed by atoms with van der Waals surface area (Å²) >= 11 is 0. The first kappa shape index (κ1) is 18.4. The van der Waals surface area contributed by atoms with Crippen molar-refractivity contribution in [3.63, 3.8) is 0 Å². The number of aryl methyl sites for hydroxylation is 1. The lowest BCUT2D eigenvalue weighted by molar-refractivity contribution is -0.201. The van der Waals surface area contributed by atoms with Crippen LogP contribution in [0.2, 0.25) is 0 Å². The molecule has 6 heteroatoms. The molecule has 0 aromatic heterocycles. The quantitative estimate of drug-likeness (QED) is 0.783. The molecule has 1 aliphatic rings. The van der Waals surface area contributed by atoms with Gasteiger partial charge in [0.1, 0.15) is 6.04 Å². The van der Waals surface area contributed by atoms with E-state index in [0.717, 1.165) is 24.8 Å². The largest absolute Gasteiger partial charge is 0.350 e. The Morgan fingerprint density at radius 3 is 2.50 bits per heavy atom. The summed E-state index contributed by atoms with van der Waals surface area (Å²) in [5.41, 5.74) is 4.02. The molecule has 24 heavy (non-hydrogen) atoms. The Bertz CT molecular complexity index is 551. The first-order valence-corrected chi connectivity index (χ1v) is 8.42. The fourth-order valence-corrected chi connectivity index (χ4v) is 2.46. The molecule has 132 valence electrons. The highest BCUT2D eigenvalue weighted by atomic mass is 16.8. The summed E-state index contributed by atoms with van der Waals surface area (Å²) in [6, 6.07) is 6.53. The van der Waals surface area contributed by atoms with Crippen molar-refractivity contribution in [1.29, 1.82) is 0 Å². The van der Waals surface area contributed by atoms with Crippen LogP contribution in [0.5, 0.6) is 0 Å². The molecule has 1 saturated heterocycles. The number of rotatable bonds is 6. The van der Waals surface area contributed by atoms with Crippen LogP contribution in [-0.4, -0.2) is 30.8 Å². The van der Waals surface area contributed by atoms with Gasteiger partial charge in [-0.05, 0) is 37.8 Å². The van der Waals surface area contributed by atoms with Gasteiger partial charge >= 0.3 is 0 Å². The Morgan fingerprint density at radius 2 is 1.92 bits per heavy atom.